The Morgan fingerprint density at radius 2 is 1.58 bits per heavy atom. The minimum atomic E-state index is 0.0165. The fourth-order valence-electron chi connectivity index (χ4n) is 3.41. The Labute approximate surface area is 185 Å². The van der Waals surface area contributed by atoms with Crippen molar-refractivity contribution in [3.63, 3.8) is 0 Å². The minimum absolute atomic E-state index is 0.0165. The molecular formula is C27H32N2O2. The topological polar surface area (TPSA) is 61.4 Å². The molecule has 0 saturated heterocycles. The molecule has 4 heteroatoms. The quantitative estimate of drug-likeness (QED) is 0.446. The molecule has 0 aliphatic rings. The summed E-state index contributed by atoms with van der Waals surface area (Å²) >= 11 is 0. The lowest BCUT2D eigenvalue weighted by atomic mass is 9.86. The van der Waals surface area contributed by atoms with Crippen LogP contribution in [0.2, 0.25) is 0 Å². The molecule has 1 amide bonds. The molecule has 3 N–H and O–H groups in total. The summed E-state index contributed by atoms with van der Waals surface area (Å²) in [7, 11) is 0. The van der Waals surface area contributed by atoms with Gasteiger partial charge in [0, 0.05) is 24.3 Å². The molecule has 31 heavy (non-hydrogen) atoms. The molecule has 4 nitrogen and oxygen atoms in total. The zero-order valence-electron chi connectivity index (χ0n) is 18.6. The van der Waals surface area contributed by atoms with Gasteiger partial charge in [-0.1, -0.05) is 69.3 Å². The van der Waals surface area contributed by atoms with Crippen molar-refractivity contribution in [3.8, 4) is 11.1 Å². The highest BCUT2D eigenvalue weighted by Gasteiger charge is 2.13. The summed E-state index contributed by atoms with van der Waals surface area (Å²) in [6, 6.07) is 24.5. The molecule has 0 unspecified atom stereocenters. The lowest BCUT2D eigenvalue weighted by molar-refractivity contribution is -0.116. The molecule has 3 rings (SSSR count). The molecular weight excluding hydrogens is 384 g/mol. The van der Waals surface area contributed by atoms with E-state index in [9.17, 15) is 4.79 Å². The minimum Gasteiger partial charge on any atom is -0.395 e. The summed E-state index contributed by atoms with van der Waals surface area (Å²) in [4.78, 5) is 12.4. The number of rotatable bonds is 8. The van der Waals surface area contributed by atoms with Crippen molar-refractivity contribution in [2.45, 2.75) is 39.0 Å². The van der Waals surface area contributed by atoms with Gasteiger partial charge in [0.1, 0.15) is 0 Å². The average molecular weight is 417 g/mol. The zero-order valence-corrected chi connectivity index (χ0v) is 18.6. The third-order valence-corrected chi connectivity index (χ3v) is 5.27. The molecule has 0 spiro atoms. The number of aliphatic hydroxyl groups excluding tert-OH is 1. The van der Waals surface area contributed by atoms with Crippen LogP contribution in [-0.4, -0.2) is 24.2 Å². The van der Waals surface area contributed by atoms with Crippen LogP contribution in [-0.2, 0) is 16.6 Å². The van der Waals surface area contributed by atoms with Crippen LogP contribution in [0.15, 0.2) is 72.8 Å². The van der Waals surface area contributed by atoms with Crippen molar-refractivity contribution in [2.24, 2.45) is 0 Å². The van der Waals surface area contributed by atoms with Gasteiger partial charge in [0.2, 0.25) is 5.91 Å². The monoisotopic (exact) mass is 416 g/mol. The van der Waals surface area contributed by atoms with Gasteiger partial charge in [-0.15, -0.1) is 0 Å². The summed E-state index contributed by atoms with van der Waals surface area (Å²) in [6.07, 6.45) is 1.18. The second kappa shape index (κ2) is 10.3. The normalized spacial score (nSPS) is 11.2. The predicted octanol–water partition coefficient (Wildman–Crippen LogP) is 5.63. The molecule has 0 atom stereocenters. The number of benzene rings is 3. The molecule has 3 aromatic rings. The van der Waals surface area contributed by atoms with E-state index < -0.39 is 0 Å². The van der Waals surface area contributed by atoms with Crippen LogP contribution < -0.4 is 10.6 Å². The first-order chi connectivity index (χ1) is 14.8. The Bertz CT molecular complexity index is 987. The molecule has 0 aliphatic carbocycles. The van der Waals surface area contributed by atoms with Crippen LogP contribution >= 0.6 is 0 Å². The third kappa shape index (κ3) is 6.69. The van der Waals surface area contributed by atoms with Gasteiger partial charge in [-0.2, -0.15) is 0 Å². The van der Waals surface area contributed by atoms with Gasteiger partial charge in [0.15, 0.2) is 0 Å². The van der Waals surface area contributed by atoms with Crippen molar-refractivity contribution in [3.05, 3.63) is 83.9 Å². The number of aryl methyl sites for hydroxylation is 1. The number of hydrogen-bond acceptors (Lipinski definition) is 3. The van der Waals surface area contributed by atoms with Gasteiger partial charge in [0.25, 0.3) is 0 Å². The van der Waals surface area contributed by atoms with E-state index in [1.807, 2.05) is 48.5 Å². The van der Waals surface area contributed by atoms with Crippen LogP contribution in [0.5, 0.6) is 0 Å². The van der Waals surface area contributed by atoms with Gasteiger partial charge in [-0.25, -0.2) is 0 Å². The number of carbonyl (C=O) groups excluding carboxylic acids is 1. The second-order valence-electron chi connectivity index (χ2n) is 8.80. The predicted molar refractivity (Wildman–Crippen MR) is 130 cm³/mol. The van der Waals surface area contributed by atoms with Crippen LogP contribution in [0.1, 0.15) is 38.3 Å². The van der Waals surface area contributed by atoms with E-state index in [1.54, 1.807) is 0 Å². The Kier molecular flexibility index (Phi) is 7.48. The van der Waals surface area contributed by atoms with E-state index in [-0.39, 0.29) is 17.9 Å². The first-order valence-corrected chi connectivity index (χ1v) is 10.8. The van der Waals surface area contributed by atoms with Crippen molar-refractivity contribution < 1.29 is 9.90 Å². The largest absolute Gasteiger partial charge is 0.395 e. The fraction of sp³-hybridized carbons (Fsp3) is 0.296. The number of nitrogens with one attached hydrogen (secondary N) is 2. The highest BCUT2D eigenvalue weighted by molar-refractivity contribution is 5.91. The van der Waals surface area contributed by atoms with Gasteiger partial charge >= 0.3 is 0 Å². The number of amides is 1. The lowest BCUT2D eigenvalue weighted by Gasteiger charge is -2.19. The van der Waals surface area contributed by atoms with Crippen LogP contribution in [0.3, 0.4) is 0 Å². The van der Waals surface area contributed by atoms with Gasteiger partial charge in [-0.05, 0) is 58.4 Å². The molecule has 0 radical (unpaired) electrons. The molecule has 3 aromatic carbocycles. The van der Waals surface area contributed by atoms with Crippen LogP contribution in [0.25, 0.3) is 11.1 Å². The molecule has 0 fully saturated rings. The molecule has 0 aromatic heterocycles. The van der Waals surface area contributed by atoms with Crippen molar-refractivity contribution in [1.29, 1.82) is 0 Å². The molecule has 162 valence electrons. The van der Waals surface area contributed by atoms with Crippen LogP contribution in [0.4, 0.5) is 11.4 Å². The third-order valence-electron chi connectivity index (χ3n) is 5.27. The van der Waals surface area contributed by atoms with Gasteiger partial charge in [0.05, 0.1) is 6.61 Å². The number of carbonyl (C=O) groups is 1. The standard InChI is InChI=1S/C27H32N2O2/c1-27(2,3)23-12-7-20(8-13-23)9-16-26(31)29-24-14-10-21(11-15-24)22-5-4-6-25(19-22)28-17-18-30/h4-8,10-15,19,28,30H,9,16-18H2,1-3H3,(H,29,31). The molecule has 0 bridgehead atoms. The molecule has 0 heterocycles. The maximum absolute atomic E-state index is 12.4. The number of hydrogen-bond donors (Lipinski definition) is 3. The average Bonchev–Trinajstić information content (AvgIpc) is 2.77. The Hall–Kier alpha value is -3.11. The van der Waals surface area contributed by atoms with Crippen LogP contribution in [0, 0.1) is 0 Å². The Morgan fingerprint density at radius 1 is 0.871 bits per heavy atom. The maximum atomic E-state index is 12.4. The number of aliphatic hydroxyl groups is 1. The van der Waals surface area contributed by atoms with Crippen molar-refractivity contribution in [2.75, 3.05) is 23.8 Å². The zero-order chi connectivity index (χ0) is 22.3. The smallest absolute Gasteiger partial charge is 0.224 e. The highest BCUT2D eigenvalue weighted by atomic mass is 16.3. The highest BCUT2D eigenvalue weighted by Crippen LogP contribution is 2.25. The Balaban J connectivity index is 1.54. The maximum Gasteiger partial charge on any atom is 0.224 e. The van der Waals surface area contributed by atoms with E-state index in [0.717, 1.165) is 28.9 Å². The fourth-order valence-corrected chi connectivity index (χ4v) is 3.41. The Morgan fingerprint density at radius 3 is 2.23 bits per heavy atom. The molecule has 0 saturated carbocycles. The van der Waals surface area contributed by atoms with Gasteiger partial charge < -0.3 is 15.7 Å². The first kappa shape index (κ1) is 22.6. The second-order valence-corrected chi connectivity index (χ2v) is 8.80. The summed E-state index contributed by atoms with van der Waals surface area (Å²) in [5, 5.41) is 15.1. The number of anilines is 2. The van der Waals surface area contributed by atoms with E-state index >= 15 is 0 Å². The van der Waals surface area contributed by atoms with Gasteiger partial charge in [-0.3, -0.25) is 4.79 Å². The molecule has 0 aliphatic heterocycles. The first-order valence-electron chi connectivity index (χ1n) is 10.8. The van der Waals surface area contributed by atoms with E-state index in [4.69, 9.17) is 5.11 Å². The summed E-state index contributed by atoms with van der Waals surface area (Å²) in [5.41, 5.74) is 6.54. The van der Waals surface area contributed by atoms with Crippen molar-refractivity contribution >= 4 is 17.3 Å². The lowest BCUT2D eigenvalue weighted by Crippen LogP contribution is -2.13. The SMILES string of the molecule is CC(C)(C)c1ccc(CCC(=O)Nc2ccc(-c3cccc(NCCO)c3)cc2)cc1. The summed E-state index contributed by atoms with van der Waals surface area (Å²) in [5.74, 6) is 0.0165. The summed E-state index contributed by atoms with van der Waals surface area (Å²) < 4.78 is 0. The van der Waals surface area contributed by atoms with E-state index in [0.29, 0.717) is 13.0 Å². The van der Waals surface area contributed by atoms with E-state index in [2.05, 4.69) is 55.7 Å². The van der Waals surface area contributed by atoms with Crippen molar-refractivity contribution in [1.82, 2.24) is 0 Å². The summed E-state index contributed by atoms with van der Waals surface area (Å²) in [6.45, 7) is 7.22. The van der Waals surface area contributed by atoms with E-state index in [1.165, 1.54) is 11.1 Å².